The first kappa shape index (κ1) is 14.6. The van der Waals surface area contributed by atoms with Gasteiger partial charge in [0.2, 0.25) is 0 Å². The molecule has 96 valence electrons. The van der Waals surface area contributed by atoms with Gasteiger partial charge in [-0.25, -0.2) is 4.57 Å². The molecule has 0 radical (unpaired) electrons. The second kappa shape index (κ2) is 6.45. The smallest absolute Gasteiger partial charge is 0.404 e. The van der Waals surface area contributed by atoms with Crippen LogP contribution in [0, 0.1) is 5.92 Å². The van der Waals surface area contributed by atoms with Gasteiger partial charge in [0.1, 0.15) is 5.75 Å². The van der Waals surface area contributed by atoms with Gasteiger partial charge in [-0.2, -0.15) is 11.8 Å². The molecule has 0 bridgehead atoms. The van der Waals surface area contributed by atoms with Crippen molar-refractivity contribution in [1.82, 2.24) is 0 Å². The van der Waals surface area contributed by atoms with Crippen LogP contribution in [0.4, 0.5) is 0 Å². The largest absolute Gasteiger partial charge is 0.524 e. The molecule has 2 N–H and O–H groups in total. The molecule has 0 aliphatic rings. The number of hydrogen-bond acceptors (Lipinski definition) is 3. The minimum atomic E-state index is -4.44. The zero-order valence-electron chi connectivity index (χ0n) is 9.87. The summed E-state index contributed by atoms with van der Waals surface area (Å²) in [7, 11) is -4.44. The van der Waals surface area contributed by atoms with Crippen LogP contribution in [-0.2, 0) is 10.3 Å². The minimum Gasteiger partial charge on any atom is -0.404 e. The van der Waals surface area contributed by atoms with E-state index in [1.807, 2.05) is 23.9 Å². The van der Waals surface area contributed by atoms with Crippen molar-refractivity contribution in [3.63, 3.8) is 0 Å². The van der Waals surface area contributed by atoms with Gasteiger partial charge in [0.05, 0.1) is 0 Å². The quantitative estimate of drug-likeness (QED) is 0.782. The van der Waals surface area contributed by atoms with E-state index in [1.54, 1.807) is 12.1 Å². The molecule has 1 aromatic rings. The summed E-state index contributed by atoms with van der Waals surface area (Å²) >= 11 is 1.84. The van der Waals surface area contributed by atoms with Gasteiger partial charge < -0.3 is 4.52 Å². The molecule has 0 aromatic heterocycles. The minimum absolute atomic E-state index is 0.191. The van der Waals surface area contributed by atoms with Crippen molar-refractivity contribution in [2.24, 2.45) is 5.92 Å². The summed E-state index contributed by atoms with van der Waals surface area (Å²) in [6, 6.07) is 6.78. The van der Waals surface area contributed by atoms with Crippen LogP contribution < -0.4 is 4.52 Å². The van der Waals surface area contributed by atoms with Crippen LogP contribution in [0.15, 0.2) is 24.3 Å². The lowest BCUT2D eigenvalue weighted by molar-refractivity contribution is 0.283. The normalized spacial score (nSPS) is 11.8. The summed E-state index contributed by atoms with van der Waals surface area (Å²) < 4.78 is 15.1. The van der Waals surface area contributed by atoms with E-state index < -0.39 is 7.82 Å². The van der Waals surface area contributed by atoms with Crippen LogP contribution in [0.3, 0.4) is 0 Å². The van der Waals surface area contributed by atoms with Gasteiger partial charge >= 0.3 is 7.82 Å². The van der Waals surface area contributed by atoms with E-state index >= 15 is 0 Å². The molecule has 0 atom stereocenters. The number of phosphoric ester groups is 1. The predicted octanol–water partition coefficient (Wildman–Crippen LogP) is 3.05. The van der Waals surface area contributed by atoms with Gasteiger partial charge in [-0.3, -0.25) is 9.79 Å². The highest BCUT2D eigenvalue weighted by Crippen LogP contribution is 2.37. The maximum absolute atomic E-state index is 10.6. The SMILES string of the molecule is CC(C)CSCc1ccc(OP(=O)(O)O)cc1. The van der Waals surface area contributed by atoms with Gasteiger partial charge in [-0.05, 0) is 29.4 Å². The molecule has 6 heteroatoms. The maximum atomic E-state index is 10.6. The number of rotatable bonds is 6. The Morgan fingerprint density at radius 2 is 1.88 bits per heavy atom. The Hall–Kier alpha value is -0.480. The second-order valence-electron chi connectivity index (χ2n) is 4.13. The predicted molar refractivity (Wildman–Crippen MR) is 70.1 cm³/mol. The summed E-state index contributed by atoms with van der Waals surface area (Å²) in [4.78, 5) is 17.3. The Morgan fingerprint density at radius 3 is 2.35 bits per heavy atom. The molecule has 0 saturated heterocycles. The summed E-state index contributed by atoms with van der Waals surface area (Å²) in [5, 5.41) is 0. The van der Waals surface area contributed by atoms with Crippen LogP contribution in [-0.4, -0.2) is 15.5 Å². The molecular formula is C11H17O4PS. The third kappa shape index (κ3) is 6.74. The average Bonchev–Trinajstić information content (AvgIpc) is 2.18. The molecule has 1 rings (SSSR count). The van der Waals surface area contributed by atoms with Crippen molar-refractivity contribution in [1.29, 1.82) is 0 Å². The number of benzene rings is 1. The summed E-state index contributed by atoms with van der Waals surface area (Å²) in [5.41, 5.74) is 1.12. The molecule has 0 aliphatic heterocycles. The molecule has 0 fully saturated rings. The van der Waals surface area contributed by atoms with E-state index in [1.165, 1.54) is 0 Å². The lowest BCUT2D eigenvalue weighted by atomic mass is 10.2. The second-order valence-corrected chi connectivity index (χ2v) is 6.33. The van der Waals surface area contributed by atoms with Crippen molar-refractivity contribution >= 4 is 19.6 Å². The molecule has 0 amide bonds. The standard InChI is InChI=1S/C11H17O4PS/c1-9(2)7-17-8-10-3-5-11(6-4-10)15-16(12,13)14/h3-6,9H,7-8H2,1-2H3,(H2,12,13,14). The van der Waals surface area contributed by atoms with E-state index in [0.29, 0.717) is 5.92 Å². The maximum Gasteiger partial charge on any atom is 0.524 e. The van der Waals surface area contributed by atoms with Gasteiger partial charge in [0.25, 0.3) is 0 Å². The summed E-state index contributed by atoms with van der Waals surface area (Å²) in [6.07, 6.45) is 0. The Bertz CT molecular complexity index is 385. The van der Waals surface area contributed by atoms with E-state index in [9.17, 15) is 4.57 Å². The van der Waals surface area contributed by atoms with Crippen LogP contribution >= 0.6 is 19.6 Å². The highest BCUT2D eigenvalue weighted by Gasteiger charge is 2.15. The van der Waals surface area contributed by atoms with Crippen molar-refractivity contribution in [3.05, 3.63) is 29.8 Å². The molecule has 0 spiro atoms. The Balaban J connectivity index is 2.48. The summed E-state index contributed by atoms with van der Waals surface area (Å²) in [5.74, 6) is 2.85. The van der Waals surface area contributed by atoms with Gasteiger partial charge in [0, 0.05) is 5.75 Å². The van der Waals surface area contributed by atoms with Crippen molar-refractivity contribution in [3.8, 4) is 5.75 Å². The molecule has 0 unspecified atom stereocenters. The van der Waals surface area contributed by atoms with Gasteiger partial charge in [0.15, 0.2) is 0 Å². The molecule has 1 aromatic carbocycles. The fourth-order valence-corrected chi connectivity index (χ4v) is 2.61. The topological polar surface area (TPSA) is 66.8 Å². The lowest BCUT2D eigenvalue weighted by Crippen LogP contribution is -1.92. The molecule has 0 heterocycles. The number of thioether (sulfide) groups is 1. The van der Waals surface area contributed by atoms with Crippen LogP contribution in [0.25, 0.3) is 0 Å². The Kier molecular flexibility index (Phi) is 5.53. The number of phosphoric acid groups is 1. The average molecular weight is 276 g/mol. The van der Waals surface area contributed by atoms with E-state index in [-0.39, 0.29) is 5.75 Å². The third-order valence-electron chi connectivity index (χ3n) is 1.87. The number of hydrogen-bond donors (Lipinski definition) is 2. The third-order valence-corrected chi connectivity index (χ3v) is 3.76. The van der Waals surface area contributed by atoms with Gasteiger partial charge in [-0.15, -0.1) is 0 Å². The van der Waals surface area contributed by atoms with Crippen LogP contribution in [0.5, 0.6) is 5.75 Å². The fraction of sp³-hybridized carbons (Fsp3) is 0.455. The molecule has 0 saturated carbocycles. The van der Waals surface area contributed by atoms with E-state index in [2.05, 4.69) is 18.4 Å². The van der Waals surface area contributed by atoms with E-state index in [4.69, 9.17) is 9.79 Å². The fourth-order valence-electron chi connectivity index (χ4n) is 1.20. The lowest BCUT2D eigenvalue weighted by Gasteiger charge is -2.08. The highest BCUT2D eigenvalue weighted by molar-refractivity contribution is 7.98. The van der Waals surface area contributed by atoms with Crippen LogP contribution in [0.1, 0.15) is 19.4 Å². The Labute approximate surface area is 106 Å². The zero-order chi connectivity index (χ0) is 12.9. The van der Waals surface area contributed by atoms with Crippen molar-refractivity contribution in [2.75, 3.05) is 5.75 Å². The van der Waals surface area contributed by atoms with Crippen LogP contribution in [0.2, 0.25) is 0 Å². The van der Waals surface area contributed by atoms with E-state index in [0.717, 1.165) is 17.1 Å². The first-order chi connectivity index (χ1) is 7.87. The Morgan fingerprint density at radius 1 is 1.29 bits per heavy atom. The van der Waals surface area contributed by atoms with Crippen molar-refractivity contribution < 1.29 is 18.9 Å². The molecule has 0 aliphatic carbocycles. The van der Waals surface area contributed by atoms with Gasteiger partial charge in [-0.1, -0.05) is 26.0 Å². The molecule has 17 heavy (non-hydrogen) atoms. The monoisotopic (exact) mass is 276 g/mol. The first-order valence-electron chi connectivity index (χ1n) is 5.28. The zero-order valence-corrected chi connectivity index (χ0v) is 11.6. The van der Waals surface area contributed by atoms with Crippen molar-refractivity contribution in [2.45, 2.75) is 19.6 Å². The highest BCUT2D eigenvalue weighted by atomic mass is 32.2. The molecule has 4 nitrogen and oxygen atoms in total. The summed E-state index contributed by atoms with van der Waals surface area (Å²) in [6.45, 7) is 4.34. The molecular weight excluding hydrogens is 259 g/mol. The first-order valence-corrected chi connectivity index (χ1v) is 7.97.